The lowest BCUT2D eigenvalue weighted by Crippen LogP contribution is -2.50. The molecule has 2 fully saturated rings. The lowest BCUT2D eigenvalue weighted by atomic mass is 10.0. The number of nitrogens with two attached hydrogens (primary N) is 1. The Hall–Kier alpha value is -5.36. The van der Waals surface area contributed by atoms with Crippen LogP contribution in [0.2, 0.25) is 0 Å². The summed E-state index contributed by atoms with van der Waals surface area (Å²) in [6.45, 7) is 2.33. The second-order valence-electron chi connectivity index (χ2n) is 11.2. The molecule has 0 bridgehead atoms. The lowest BCUT2D eigenvalue weighted by molar-refractivity contribution is -0.120. The van der Waals surface area contributed by atoms with Gasteiger partial charge in [0.2, 0.25) is 5.91 Å². The van der Waals surface area contributed by atoms with E-state index in [2.05, 4.69) is 20.2 Å². The third-order valence-electron chi connectivity index (χ3n) is 8.29. The number of nitrogens with zero attached hydrogens (tertiary/aromatic N) is 6. The van der Waals surface area contributed by atoms with Crippen molar-refractivity contribution in [3.63, 3.8) is 0 Å². The first-order valence-electron chi connectivity index (χ1n) is 14.9. The van der Waals surface area contributed by atoms with Crippen molar-refractivity contribution in [1.29, 1.82) is 0 Å². The zero-order chi connectivity index (χ0) is 30.9. The summed E-state index contributed by atoms with van der Waals surface area (Å²) in [6.07, 6.45) is 3.26. The maximum Gasteiger partial charge on any atom is 0.328 e. The predicted octanol–water partition coefficient (Wildman–Crippen LogP) is 5.29. The molecule has 45 heavy (non-hydrogen) atoms. The number of nitrogens with one attached hydrogen (secondary N) is 1. The highest BCUT2D eigenvalue weighted by atomic mass is 19.1. The molecule has 5 aromatic rings. The third-order valence-corrected chi connectivity index (χ3v) is 8.29. The molecule has 12 heteroatoms. The van der Waals surface area contributed by atoms with Crippen molar-refractivity contribution in [3.05, 3.63) is 90.5 Å². The number of amides is 3. The van der Waals surface area contributed by atoms with E-state index in [1.54, 1.807) is 12.1 Å². The molecule has 228 valence electrons. The number of carbonyl (C=O) groups is 2. The summed E-state index contributed by atoms with van der Waals surface area (Å²) >= 11 is 0. The highest BCUT2D eigenvalue weighted by Crippen LogP contribution is 2.35. The molecule has 7 rings (SSSR count). The van der Waals surface area contributed by atoms with Crippen molar-refractivity contribution in [2.75, 3.05) is 30.3 Å². The van der Waals surface area contributed by atoms with Crippen LogP contribution in [0.4, 0.5) is 20.7 Å². The number of fused-ring (bicyclic) bond motifs is 1. The lowest BCUT2D eigenvalue weighted by Gasteiger charge is -2.32. The standard InChI is InChI=1S/C33H31FN8O3/c34-26-11-6-21(18-27(26)41-17-14-28(43)38-33(41)44)19-40-15-12-23(13-16-40)42-32-29(31(35)36-20-37-32)30(39-42)22-7-9-25(10-8-22)45-24-4-2-1-3-5-24/h1-11,18,20,23H,12-17,19H2,(H2,35,36,37)(H,38,43,44). The fourth-order valence-corrected chi connectivity index (χ4v) is 6.00. The van der Waals surface area contributed by atoms with Gasteiger partial charge in [0.25, 0.3) is 0 Å². The summed E-state index contributed by atoms with van der Waals surface area (Å²) in [5, 5.41) is 8.00. The first kappa shape index (κ1) is 28.4. The monoisotopic (exact) mass is 606 g/mol. The van der Waals surface area contributed by atoms with Gasteiger partial charge in [-0.2, -0.15) is 5.10 Å². The molecule has 0 saturated carbocycles. The average molecular weight is 607 g/mol. The van der Waals surface area contributed by atoms with E-state index in [9.17, 15) is 14.0 Å². The number of piperidine rings is 1. The fourth-order valence-electron chi connectivity index (χ4n) is 6.00. The largest absolute Gasteiger partial charge is 0.457 e. The summed E-state index contributed by atoms with van der Waals surface area (Å²) in [5.41, 5.74) is 9.73. The number of imide groups is 1. The van der Waals surface area contributed by atoms with Gasteiger partial charge in [-0.15, -0.1) is 0 Å². The molecule has 0 spiro atoms. The molecule has 2 aliphatic rings. The van der Waals surface area contributed by atoms with Crippen molar-refractivity contribution < 1.29 is 18.7 Å². The number of para-hydroxylation sites is 1. The number of carbonyl (C=O) groups excluding carboxylic acids is 2. The number of likely N-dealkylation sites (tertiary alicyclic amines) is 1. The maximum atomic E-state index is 14.7. The highest BCUT2D eigenvalue weighted by Gasteiger charge is 2.28. The van der Waals surface area contributed by atoms with Crippen LogP contribution in [-0.4, -0.2) is 56.2 Å². The Labute approximate surface area is 258 Å². The molecule has 3 amide bonds. The molecule has 3 N–H and O–H groups in total. The zero-order valence-electron chi connectivity index (χ0n) is 24.4. The van der Waals surface area contributed by atoms with Crippen LogP contribution in [0.3, 0.4) is 0 Å². The minimum atomic E-state index is -0.602. The van der Waals surface area contributed by atoms with Gasteiger partial charge in [0, 0.05) is 38.2 Å². The second kappa shape index (κ2) is 12.0. The van der Waals surface area contributed by atoms with Crippen LogP contribution in [0.5, 0.6) is 11.5 Å². The predicted molar refractivity (Wildman–Crippen MR) is 167 cm³/mol. The number of halogens is 1. The van der Waals surface area contributed by atoms with E-state index in [1.165, 1.54) is 17.3 Å². The molecule has 11 nitrogen and oxygen atoms in total. The van der Waals surface area contributed by atoms with Crippen LogP contribution in [0.15, 0.2) is 79.1 Å². The Morgan fingerprint density at radius 3 is 2.44 bits per heavy atom. The van der Waals surface area contributed by atoms with E-state index in [4.69, 9.17) is 15.6 Å². The smallest absolute Gasteiger partial charge is 0.328 e. The fraction of sp³-hybridized carbons (Fsp3) is 0.242. The maximum absolute atomic E-state index is 14.7. The molecule has 2 saturated heterocycles. The average Bonchev–Trinajstić information content (AvgIpc) is 3.44. The van der Waals surface area contributed by atoms with Gasteiger partial charge in [-0.05, 0) is 66.9 Å². The van der Waals surface area contributed by atoms with Crippen LogP contribution in [0.25, 0.3) is 22.3 Å². The Morgan fingerprint density at radius 2 is 1.69 bits per heavy atom. The minimum absolute atomic E-state index is 0.103. The zero-order valence-corrected chi connectivity index (χ0v) is 24.4. The Bertz CT molecular complexity index is 1870. The highest BCUT2D eigenvalue weighted by molar-refractivity contribution is 6.05. The van der Waals surface area contributed by atoms with E-state index < -0.39 is 11.8 Å². The molecular weight excluding hydrogens is 575 g/mol. The number of hydrogen-bond donors (Lipinski definition) is 2. The summed E-state index contributed by atoms with van der Waals surface area (Å²) in [7, 11) is 0. The molecule has 0 radical (unpaired) electrons. The number of hydrogen-bond acceptors (Lipinski definition) is 8. The number of ether oxygens (including phenoxy) is 1. The molecule has 4 heterocycles. The van der Waals surface area contributed by atoms with Crippen LogP contribution >= 0.6 is 0 Å². The van der Waals surface area contributed by atoms with Gasteiger partial charge in [0.05, 0.1) is 17.1 Å². The van der Waals surface area contributed by atoms with E-state index in [0.717, 1.165) is 53.9 Å². The van der Waals surface area contributed by atoms with E-state index in [1.807, 2.05) is 59.3 Å². The van der Waals surface area contributed by atoms with E-state index >= 15 is 0 Å². The molecule has 0 aliphatic carbocycles. The van der Waals surface area contributed by atoms with Gasteiger partial charge in [-0.1, -0.05) is 24.3 Å². The van der Waals surface area contributed by atoms with E-state index in [-0.39, 0.29) is 30.6 Å². The minimum Gasteiger partial charge on any atom is -0.457 e. The first-order chi connectivity index (χ1) is 21.9. The SMILES string of the molecule is Nc1ncnc2c1c(-c1ccc(Oc3ccccc3)cc1)nn2C1CCN(Cc2ccc(F)c(N3CCC(=O)NC3=O)c2)CC1. The molecule has 3 aromatic carbocycles. The first-order valence-corrected chi connectivity index (χ1v) is 14.9. The summed E-state index contributed by atoms with van der Waals surface area (Å²) in [6, 6.07) is 21.7. The van der Waals surface area contributed by atoms with Crippen molar-refractivity contribution in [3.8, 4) is 22.8 Å². The second-order valence-corrected chi connectivity index (χ2v) is 11.2. The van der Waals surface area contributed by atoms with Crippen molar-refractivity contribution in [2.45, 2.75) is 31.8 Å². The van der Waals surface area contributed by atoms with Crippen molar-refractivity contribution >= 4 is 34.5 Å². The molecule has 2 aliphatic heterocycles. The van der Waals surface area contributed by atoms with Gasteiger partial charge < -0.3 is 10.5 Å². The topological polar surface area (TPSA) is 131 Å². The van der Waals surface area contributed by atoms with Crippen LogP contribution in [0, 0.1) is 5.82 Å². The Kier molecular flexibility index (Phi) is 7.55. The van der Waals surface area contributed by atoms with E-state index in [0.29, 0.717) is 23.8 Å². The summed E-state index contributed by atoms with van der Waals surface area (Å²) in [5.74, 6) is 1.00. The Balaban J connectivity index is 1.07. The molecule has 0 atom stereocenters. The van der Waals surface area contributed by atoms with Gasteiger partial charge in [-0.3, -0.25) is 19.9 Å². The van der Waals surface area contributed by atoms with Gasteiger partial charge in [-0.25, -0.2) is 23.8 Å². The van der Waals surface area contributed by atoms with Crippen molar-refractivity contribution in [1.82, 2.24) is 30.0 Å². The number of nitrogen functional groups attached to an aromatic ring is 1. The molecule has 0 unspecified atom stereocenters. The molecule has 2 aromatic heterocycles. The number of benzene rings is 3. The van der Waals surface area contributed by atoms with Crippen LogP contribution < -0.4 is 20.7 Å². The normalized spacial score (nSPS) is 16.2. The Morgan fingerprint density at radius 1 is 0.933 bits per heavy atom. The summed E-state index contributed by atoms with van der Waals surface area (Å²) in [4.78, 5) is 36.3. The third kappa shape index (κ3) is 5.79. The van der Waals surface area contributed by atoms with Crippen LogP contribution in [0.1, 0.15) is 30.9 Å². The number of aromatic nitrogens is 4. The quantitative estimate of drug-likeness (QED) is 0.256. The number of urea groups is 1. The number of anilines is 2. The van der Waals surface area contributed by atoms with Gasteiger partial charge >= 0.3 is 6.03 Å². The summed E-state index contributed by atoms with van der Waals surface area (Å²) < 4.78 is 22.6. The molecular formula is C33H31FN8O3. The van der Waals surface area contributed by atoms with Crippen LogP contribution in [-0.2, 0) is 11.3 Å². The van der Waals surface area contributed by atoms with Gasteiger partial charge in [0.15, 0.2) is 5.65 Å². The number of rotatable bonds is 7. The van der Waals surface area contributed by atoms with Crippen molar-refractivity contribution in [2.24, 2.45) is 0 Å². The van der Waals surface area contributed by atoms with Gasteiger partial charge in [0.1, 0.15) is 35.2 Å².